The molecule has 41 heavy (non-hydrogen) atoms. The van der Waals surface area contributed by atoms with Gasteiger partial charge in [0, 0.05) is 50.0 Å². The number of aliphatic hydroxyl groups excluding tert-OH is 1. The number of carbonyl (C=O) groups excluding carboxylic acids is 2. The summed E-state index contributed by atoms with van der Waals surface area (Å²) in [6.07, 6.45) is 4.35. The summed E-state index contributed by atoms with van der Waals surface area (Å²) >= 11 is 6.49. The molecular formula is C31H36ClN5O4. The SMILES string of the molecule is CN(C)Cc1ccc([C@@H](CO)NC(=O)CN2Cc3ccc(-c4nc(CC5CCOCC5)ncc4Cl)cc3C2=O)cc1. The molecule has 0 spiro atoms. The van der Waals surface area contributed by atoms with Gasteiger partial charge in [0.1, 0.15) is 12.4 Å². The minimum Gasteiger partial charge on any atom is -0.394 e. The second-order valence-electron chi connectivity index (χ2n) is 11.1. The first-order chi connectivity index (χ1) is 19.8. The van der Waals surface area contributed by atoms with Gasteiger partial charge in [-0.3, -0.25) is 9.59 Å². The molecule has 0 saturated carbocycles. The first kappa shape index (κ1) is 29.1. The van der Waals surface area contributed by atoms with E-state index in [1.54, 1.807) is 12.3 Å². The maximum atomic E-state index is 13.3. The third-order valence-corrected chi connectivity index (χ3v) is 7.88. The molecule has 1 fully saturated rings. The number of hydrogen-bond acceptors (Lipinski definition) is 7. The molecule has 5 rings (SSSR count). The van der Waals surface area contributed by atoms with Crippen LogP contribution in [0.5, 0.6) is 0 Å². The van der Waals surface area contributed by atoms with Gasteiger partial charge in [-0.05, 0) is 55.6 Å². The van der Waals surface area contributed by atoms with Crippen LogP contribution in [0.15, 0.2) is 48.7 Å². The van der Waals surface area contributed by atoms with Gasteiger partial charge in [-0.1, -0.05) is 48.0 Å². The number of rotatable bonds is 10. The Hall–Kier alpha value is -3.37. The number of fused-ring (bicyclic) bond motifs is 1. The number of nitrogens with zero attached hydrogens (tertiary/aromatic N) is 4. The first-order valence-electron chi connectivity index (χ1n) is 14.0. The van der Waals surface area contributed by atoms with E-state index in [0.717, 1.165) is 67.1 Å². The average molecular weight is 578 g/mol. The molecule has 1 saturated heterocycles. The number of carbonyl (C=O) groups is 2. The van der Waals surface area contributed by atoms with E-state index in [1.807, 2.05) is 50.5 Å². The van der Waals surface area contributed by atoms with Crippen molar-refractivity contribution in [2.24, 2.45) is 5.92 Å². The monoisotopic (exact) mass is 577 g/mol. The van der Waals surface area contributed by atoms with Gasteiger partial charge in [0.05, 0.1) is 23.4 Å². The van der Waals surface area contributed by atoms with E-state index in [2.05, 4.69) is 15.2 Å². The van der Waals surface area contributed by atoms with Crippen LogP contribution in [0, 0.1) is 5.92 Å². The van der Waals surface area contributed by atoms with E-state index in [0.29, 0.717) is 28.7 Å². The van der Waals surface area contributed by atoms with Gasteiger partial charge in [-0.15, -0.1) is 0 Å². The number of amides is 2. The molecule has 2 aliphatic rings. The number of nitrogens with one attached hydrogen (secondary N) is 1. The maximum absolute atomic E-state index is 13.3. The predicted octanol–water partition coefficient (Wildman–Crippen LogP) is 3.63. The zero-order valence-corrected chi connectivity index (χ0v) is 24.2. The quantitative estimate of drug-likeness (QED) is 0.379. The van der Waals surface area contributed by atoms with Crippen molar-refractivity contribution in [3.8, 4) is 11.3 Å². The van der Waals surface area contributed by atoms with Crippen molar-refractivity contribution >= 4 is 23.4 Å². The van der Waals surface area contributed by atoms with Crippen molar-refractivity contribution in [1.82, 2.24) is 25.1 Å². The van der Waals surface area contributed by atoms with Gasteiger partial charge in [0.25, 0.3) is 5.91 Å². The molecule has 216 valence electrons. The summed E-state index contributed by atoms with van der Waals surface area (Å²) in [5, 5.41) is 13.2. The van der Waals surface area contributed by atoms with Gasteiger partial charge in [0.15, 0.2) is 0 Å². The molecule has 2 aliphatic heterocycles. The minimum atomic E-state index is -0.558. The third kappa shape index (κ3) is 7.11. The van der Waals surface area contributed by atoms with Crippen LogP contribution in [0.25, 0.3) is 11.3 Å². The topological polar surface area (TPSA) is 108 Å². The second kappa shape index (κ2) is 13.1. The summed E-state index contributed by atoms with van der Waals surface area (Å²) in [5.41, 5.74) is 4.66. The number of aliphatic hydroxyl groups is 1. The highest BCUT2D eigenvalue weighted by Crippen LogP contribution is 2.31. The zero-order valence-electron chi connectivity index (χ0n) is 23.5. The lowest BCUT2D eigenvalue weighted by atomic mass is 9.96. The van der Waals surface area contributed by atoms with Crippen molar-refractivity contribution in [3.63, 3.8) is 0 Å². The minimum absolute atomic E-state index is 0.110. The van der Waals surface area contributed by atoms with Gasteiger partial charge >= 0.3 is 0 Å². The van der Waals surface area contributed by atoms with E-state index >= 15 is 0 Å². The summed E-state index contributed by atoms with van der Waals surface area (Å²) in [7, 11) is 4.00. The Kier molecular flexibility index (Phi) is 9.29. The Morgan fingerprint density at radius 1 is 1.20 bits per heavy atom. The molecule has 3 heterocycles. The standard InChI is InChI=1S/C31H36ClN5O4/c1-36(2)16-21-3-5-22(6-4-21)27(19-38)34-29(39)18-37-17-24-8-7-23(14-25(24)31(37)40)30-26(32)15-33-28(35-30)13-20-9-11-41-12-10-20/h3-8,14-15,20,27,38H,9-13,16-19H2,1-2H3,(H,34,39)/t27-/m1/s1. The predicted molar refractivity (Wildman–Crippen MR) is 156 cm³/mol. The van der Waals surface area contributed by atoms with Gasteiger partial charge in [-0.25, -0.2) is 9.97 Å². The van der Waals surface area contributed by atoms with Crippen LogP contribution in [0.3, 0.4) is 0 Å². The number of ether oxygens (including phenoxy) is 1. The van der Waals surface area contributed by atoms with Crippen molar-refractivity contribution < 1.29 is 19.4 Å². The summed E-state index contributed by atoms with van der Waals surface area (Å²) in [6.45, 7) is 2.30. The fourth-order valence-corrected chi connectivity index (χ4v) is 5.62. The molecule has 1 atom stereocenters. The highest BCUT2D eigenvalue weighted by molar-refractivity contribution is 6.32. The largest absolute Gasteiger partial charge is 0.394 e. The van der Waals surface area contributed by atoms with Crippen molar-refractivity contribution in [1.29, 1.82) is 0 Å². The van der Waals surface area contributed by atoms with Crippen molar-refractivity contribution in [2.75, 3.05) is 40.5 Å². The Morgan fingerprint density at radius 2 is 1.95 bits per heavy atom. The molecule has 3 aromatic rings. The molecule has 10 heteroatoms. The maximum Gasteiger partial charge on any atom is 0.254 e. The molecule has 9 nitrogen and oxygen atoms in total. The molecule has 2 N–H and O–H groups in total. The van der Waals surface area contributed by atoms with Crippen LogP contribution < -0.4 is 5.32 Å². The van der Waals surface area contributed by atoms with E-state index < -0.39 is 6.04 Å². The Balaban J connectivity index is 1.24. The fourth-order valence-electron chi connectivity index (χ4n) is 5.42. The van der Waals surface area contributed by atoms with Crippen LogP contribution in [-0.4, -0.2) is 77.1 Å². The second-order valence-corrected chi connectivity index (χ2v) is 11.5. The zero-order chi connectivity index (χ0) is 28.9. The molecule has 1 aromatic heterocycles. The number of benzene rings is 2. The van der Waals surface area contributed by atoms with Gasteiger partial charge < -0.3 is 25.0 Å². The molecule has 2 amide bonds. The van der Waals surface area contributed by atoms with E-state index in [9.17, 15) is 14.7 Å². The lowest BCUT2D eigenvalue weighted by Crippen LogP contribution is -2.40. The van der Waals surface area contributed by atoms with E-state index in [4.69, 9.17) is 21.3 Å². The molecular weight excluding hydrogens is 542 g/mol. The highest BCUT2D eigenvalue weighted by Gasteiger charge is 2.30. The highest BCUT2D eigenvalue weighted by atomic mass is 35.5. The smallest absolute Gasteiger partial charge is 0.254 e. The van der Waals surface area contributed by atoms with E-state index in [1.165, 1.54) is 4.90 Å². The normalized spacial score (nSPS) is 16.2. The molecule has 0 unspecified atom stereocenters. The lowest BCUT2D eigenvalue weighted by Gasteiger charge is -2.21. The Bertz CT molecular complexity index is 1390. The van der Waals surface area contributed by atoms with Crippen LogP contribution >= 0.6 is 11.6 Å². The number of aromatic nitrogens is 2. The molecule has 2 aromatic carbocycles. The Morgan fingerprint density at radius 3 is 2.66 bits per heavy atom. The Labute approximate surface area is 245 Å². The molecule has 0 aliphatic carbocycles. The van der Waals surface area contributed by atoms with Crippen LogP contribution in [0.4, 0.5) is 0 Å². The lowest BCUT2D eigenvalue weighted by molar-refractivity contribution is -0.122. The fraction of sp³-hybridized carbons (Fsp3) is 0.419. The van der Waals surface area contributed by atoms with Gasteiger partial charge in [0.2, 0.25) is 5.91 Å². The third-order valence-electron chi connectivity index (χ3n) is 7.60. The number of hydrogen-bond donors (Lipinski definition) is 2. The van der Waals surface area contributed by atoms with Crippen LogP contribution in [-0.2, 0) is 29.0 Å². The summed E-state index contributed by atoms with van der Waals surface area (Å²) < 4.78 is 5.46. The average Bonchev–Trinajstić information content (AvgIpc) is 3.27. The molecule has 0 bridgehead atoms. The van der Waals surface area contributed by atoms with Crippen molar-refractivity contribution in [3.05, 3.63) is 81.8 Å². The molecule has 0 radical (unpaired) electrons. The van der Waals surface area contributed by atoms with Crippen LogP contribution in [0.2, 0.25) is 5.02 Å². The summed E-state index contributed by atoms with van der Waals surface area (Å²) in [4.78, 5) is 39.0. The van der Waals surface area contributed by atoms with Crippen molar-refractivity contribution in [2.45, 2.75) is 38.4 Å². The summed E-state index contributed by atoms with van der Waals surface area (Å²) in [6, 6.07) is 12.8. The van der Waals surface area contributed by atoms with E-state index in [-0.39, 0.29) is 25.0 Å². The summed E-state index contributed by atoms with van der Waals surface area (Å²) in [5.74, 6) is 0.650. The van der Waals surface area contributed by atoms with Gasteiger partial charge in [-0.2, -0.15) is 0 Å². The number of halogens is 1. The van der Waals surface area contributed by atoms with Crippen LogP contribution in [0.1, 0.15) is 51.8 Å². The first-order valence-corrected chi connectivity index (χ1v) is 14.3.